The molecule has 0 bridgehead atoms. The van der Waals surface area contributed by atoms with Crippen LogP contribution in [0.2, 0.25) is 0 Å². The van der Waals surface area contributed by atoms with Gasteiger partial charge in [0, 0.05) is 19.6 Å². The molecule has 2 fully saturated rings. The third-order valence-corrected chi connectivity index (χ3v) is 4.32. The Morgan fingerprint density at radius 3 is 2.44 bits per heavy atom. The number of ether oxygens (including phenoxy) is 1. The summed E-state index contributed by atoms with van der Waals surface area (Å²) in [7, 11) is 0. The van der Waals surface area contributed by atoms with E-state index in [9.17, 15) is 0 Å². The Morgan fingerprint density at radius 2 is 1.83 bits per heavy atom. The maximum absolute atomic E-state index is 5.74. The molecule has 98 valence electrons. The minimum atomic E-state index is 0.381. The molecule has 3 atom stereocenters. The SMILES string of the molecule is CC(C)OC[C@@H]1[C@H]2CN(Cc3ccccc3)C[C@@H]12. The third-order valence-electron chi connectivity index (χ3n) is 4.32. The Kier molecular flexibility index (Phi) is 3.40. The number of piperidine rings is 1. The van der Waals surface area contributed by atoms with E-state index in [4.69, 9.17) is 4.74 Å². The van der Waals surface area contributed by atoms with Crippen molar-refractivity contribution in [2.24, 2.45) is 17.8 Å². The van der Waals surface area contributed by atoms with Gasteiger partial charge < -0.3 is 4.74 Å². The molecule has 0 spiro atoms. The van der Waals surface area contributed by atoms with Gasteiger partial charge in [-0.3, -0.25) is 4.90 Å². The molecular weight excluding hydrogens is 222 g/mol. The molecule has 0 N–H and O–H groups in total. The van der Waals surface area contributed by atoms with E-state index < -0.39 is 0 Å². The Bertz CT molecular complexity index is 377. The lowest BCUT2D eigenvalue weighted by atomic mass is 10.2. The smallest absolute Gasteiger partial charge is 0.0519 e. The van der Waals surface area contributed by atoms with Crippen LogP contribution in [0.1, 0.15) is 19.4 Å². The zero-order chi connectivity index (χ0) is 12.5. The number of rotatable bonds is 5. The van der Waals surface area contributed by atoms with Crippen molar-refractivity contribution in [2.75, 3.05) is 19.7 Å². The predicted molar refractivity (Wildman–Crippen MR) is 73.3 cm³/mol. The summed E-state index contributed by atoms with van der Waals surface area (Å²) in [6, 6.07) is 10.8. The second-order valence-electron chi connectivity index (χ2n) is 6.05. The van der Waals surface area contributed by atoms with Crippen molar-refractivity contribution < 1.29 is 4.74 Å². The zero-order valence-corrected chi connectivity index (χ0v) is 11.4. The number of nitrogens with zero attached hydrogens (tertiary/aromatic N) is 1. The van der Waals surface area contributed by atoms with Crippen molar-refractivity contribution in [3.8, 4) is 0 Å². The molecule has 1 aromatic rings. The lowest BCUT2D eigenvalue weighted by molar-refractivity contribution is 0.0605. The average Bonchev–Trinajstić information content (AvgIpc) is 2.81. The Morgan fingerprint density at radius 1 is 1.17 bits per heavy atom. The van der Waals surface area contributed by atoms with Crippen LogP contribution in [0.3, 0.4) is 0 Å². The van der Waals surface area contributed by atoms with E-state index in [2.05, 4.69) is 49.1 Å². The molecule has 1 heterocycles. The molecule has 1 aliphatic carbocycles. The van der Waals surface area contributed by atoms with Gasteiger partial charge in [0.1, 0.15) is 0 Å². The minimum Gasteiger partial charge on any atom is -0.378 e. The summed E-state index contributed by atoms with van der Waals surface area (Å²) >= 11 is 0. The van der Waals surface area contributed by atoms with Crippen LogP contribution in [0.15, 0.2) is 30.3 Å². The van der Waals surface area contributed by atoms with E-state index in [0.29, 0.717) is 6.10 Å². The van der Waals surface area contributed by atoms with Crippen LogP contribution in [0.5, 0.6) is 0 Å². The molecule has 0 aromatic heterocycles. The maximum Gasteiger partial charge on any atom is 0.0519 e. The first-order valence-corrected chi connectivity index (χ1v) is 7.12. The molecule has 3 rings (SSSR count). The summed E-state index contributed by atoms with van der Waals surface area (Å²) in [5.41, 5.74) is 1.44. The predicted octanol–water partition coefficient (Wildman–Crippen LogP) is 2.79. The van der Waals surface area contributed by atoms with Gasteiger partial charge in [-0.05, 0) is 37.2 Å². The molecule has 1 aliphatic heterocycles. The van der Waals surface area contributed by atoms with Crippen LogP contribution in [-0.4, -0.2) is 30.7 Å². The average molecular weight is 245 g/mol. The van der Waals surface area contributed by atoms with Crippen molar-refractivity contribution in [2.45, 2.75) is 26.5 Å². The van der Waals surface area contributed by atoms with Crippen LogP contribution in [-0.2, 0) is 11.3 Å². The van der Waals surface area contributed by atoms with Gasteiger partial charge in [0.2, 0.25) is 0 Å². The molecule has 2 nitrogen and oxygen atoms in total. The van der Waals surface area contributed by atoms with E-state index in [1.165, 1.54) is 18.7 Å². The Hall–Kier alpha value is -0.860. The molecule has 1 saturated carbocycles. The second kappa shape index (κ2) is 5.02. The van der Waals surface area contributed by atoms with Gasteiger partial charge in [-0.1, -0.05) is 30.3 Å². The molecule has 0 amide bonds. The second-order valence-corrected chi connectivity index (χ2v) is 6.05. The summed E-state index contributed by atoms with van der Waals surface area (Å²) in [5.74, 6) is 2.67. The maximum atomic E-state index is 5.74. The van der Waals surface area contributed by atoms with Gasteiger partial charge in [0.05, 0.1) is 12.7 Å². The van der Waals surface area contributed by atoms with Crippen LogP contribution >= 0.6 is 0 Å². The van der Waals surface area contributed by atoms with Crippen molar-refractivity contribution in [1.29, 1.82) is 0 Å². The fourth-order valence-electron chi connectivity index (χ4n) is 3.26. The summed E-state index contributed by atoms with van der Waals surface area (Å²) < 4.78 is 5.74. The standard InChI is InChI=1S/C16H23NO/c1-12(2)18-11-16-14-9-17(10-15(14)16)8-13-6-4-3-5-7-13/h3-7,12,14-16H,8-11H2,1-2H3/t14-,15+,16+. The van der Waals surface area contributed by atoms with E-state index >= 15 is 0 Å². The first kappa shape index (κ1) is 12.2. The van der Waals surface area contributed by atoms with Gasteiger partial charge in [0.25, 0.3) is 0 Å². The Labute approximate surface area is 110 Å². The van der Waals surface area contributed by atoms with Crippen LogP contribution in [0.4, 0.5) is 0 Å². The number of fused-ring (bicyclic) bond motifs is 1. The van der Waals surface area contributed by atoms with Crippen LogP contribution < -0.4 is 0 Å². The summed E-state index contributed by atoms with van der Waals surface area (Å²) in [4.78, 5) is 2.59. The molecule has 18 heavy (non-hydrogen) atoms. The van der Waals surface area contributed by atoms with E-state index in [1.54, 1.807) is 0 Å². The van der Waals surface area contributed by atoms with Gasteiger partial charge in [0.15, 0.2) is 0 Å². The van der Waals surface area contributed by atoms with Crippen LogP contribution in [0, 0.1) is 17.8 Å². The van der Waals surface area contributed by atoms with Gasteiger partial charge >= 0.3 is 0 Å². The van der Waals surface area contributed by atoms with Crippen molar-refractivity contribution in [3.05, 3.63) is 35.9 Å². The molecule has 2 heteroatoms. The fraction of sp³-hybridized carbons (Fsp3) is 0.625. The molecule has 2 aliphatic rings. The third kappa shape index (κ3) is 2.60. The largest absolute Gasteiger partial charge is 0.378 e. The number of hydrogen-bond acceptors (Lipinski definition) is 2. The first-order valence-electron chi connectivity index (χ1n) is 7.12. The van der Waals surface area contributed by atoms with Crippen molar-refractivity contribution in [3.63, 3.8) is 0 Å². The molecule has 0 radical (unpaired) electrons. The minimum absolute atomic E-state index is 0.381. The summed E-state index contributed by atoms with van der Waals surface area (Å²) in [6.07, 6.45) is 0.381. The highest BCUT2D eigenvalue weighted by atomic mass is 16.5. The summed E-state index contributed by atoms with van der Waals surface area (Å²) in [6.45, 7) is 8.88. The Balaban J connectivity index is 1.44. The highest BCUT2D eigenvalue weighted by Crippen LogP contribution is 2.52. The molecule has 0 unspecified atom stereocenters. The topological polar surface area (TPSA) is 12.5 Å². The fourth-order valence-corrected chi connectivity index (χ4v) is 3.26. The van der Waals surface area contributed by atoms with Crippen LogP contribution in [0.25, 0.3) is 0 Å². The number of likely N-dealkylation sites (tertiary alicyclic amines) is 1. The zero-order valence-electron chi connectivity index (χ0n) is 11.4. The van der Waals surface area contributed by atoms with Crippen molar-refractivity contribution >= 4 is 0 Å². The molecule has 1 aromatic carbocycles. The molecule has 1 saturated heterocycles. The lowest BCUT2D eigenvalue weighted by Gasteiger charge is -2.19. The highest BCUT2D eigenvalue weighted by molar-refractivity contribution is 5.15. The highest BCUT2D eigenvalue weighted by Gasteiger charge is 2.55. The van der Waals surface area contributed by atoms with E-state index in [1.807, 2.05) is 0 Å². The normalized spacial score (nSPS) is 30.7. The van der Waals surface area contributed by atoms with E-state index in [0.717, 1.165) is 30.9 Å². The van der Waals surface area contributed by atoms with Gasteiger partial charge in [-0.2, -0.15) is 0 Å². The van der Waals surface area contributed by atoms with E-state index in [-0.39, 0.29) is 0 Å². The van der Waals surface area contributed by atoms with Gasteiger partial charge in [-0.15, -0.1) is 0 Å². The quantitative estimate of drug-likeness (QED) is 0.791. The monoisotopic (exact) mass is 245 g/mol. The van der Waals surface area contributed by atoms with Gasteiger partial charge in [-0.25, -0.2) is 0 Å². The lowest BCUT2D eigenvalue weighted by Crippen LogP contribution is -2.25. The first-order chi connectivity index (χ1) is 8.74. The summed E-state index contributed by atoms with van der Waals surface area (Å²) in [5, 5.41) is 0. The molecular formula is C16H23NO. The van der Waals surface area contributed by atoms with Crippen molar-refractivity contribution in [1.82, 2.24) is 4.90 Å². The number of hydrogen-bond donors (Lipinski definition) is 0. The number of benzene rings is 1.